The van der Waals surface area contributed by atoms with E-state index in [1.807, 2.05) is 29.0 Å². The van der Waals surface area contributed by atoms with Gasteiger partial charge in [0.1, 0.15) is 5.76 Å². The molecule has 3 heterocycles. The van der Waals surface area contributed by atoms with Crippen molar-refractivity contribution in [2.75, 3.05) is 0 Å². The SMILES string of the molecule is CC1=CC(=O)C(C(=O)/C=C/c2cc(-c3cccs3)cs2)C(=O)O1. The maximum atomic E-state index is 12.1. The predicted molar refractivity (Wildman–Crippen MR) is 90.0 cm³/mol. The summed E-state index contributed by atoms with van der Waals surface area (Å²) in [6, 6.07) is 5.97. The van der Waals surface area contributed by atoms with E-state index in [4.69, 9.17) is 4.74 Å². The highest BCUT2D eigenvalue weighted by atomic mass is 32.1. The minimum atomic E-state index is -1.38. The number of ether oxygens (including phenoxy) is 1. The van der Waals surface area contributed by atoms with Gasteiger partial charge >= 0.3 is 5.97 Å². The van der Waals surface area contributed by atoms with Crippen molar-refractivity contribution in [1.29, 1.82) is 0 Å². The van der Waals surface area contributed by atoms with Crippen molar-refractivity contribution in [3.8, 4) is 10.4 Å². The molecule has 2 aromatic rings. The van der Waals surface area contributed by atoms with Gasteiger partial charge in [-0.05, 0) is 42.0 Å². The molecule has 1 atom stereocenters. The number of carbonyl (C=O) groups is 3. The van der Waals surface area contributed by atoms with Gasteiger partial charge in [0.2, 0.25) is 0 Å². The van der Waals surface area contributed by atoms with Crippen molar-refractivity contribution >= 4 is 46.3 Å². The Morgan fingerprint density at radius 2 is 2.13 bits per heavy atom. The van der Waals surface area contributed by atoms with Crippen molar-refractivity contribution in [2.45, 2.75) is 6.92 Å². The van der Waals surface area contributed by atoms with Crippen molar-refractivity contribution < 1.29 is 19.1 Å². The van der Waals surface area contributed by atoms with Crippen LogP contribution in [-0.2, 0) is 19.1 Å². The Kier molecular flexibility index (Phi) is 4.36. The zero-order chi connectivity index (χ0) is 16.4. The quantitative estimate of drug-likeness (QED) is 0.482. The van der Waals surface area contributed by atoms with Gasteiger partial charge in [-0.2, -0.15) is 0 Å². The number of ketones is 2. The number of thiophene rings is 2. The van der Waals surface area contributed by atoms with Crippen LogP contribution in [0.5, 0.6) is 0 Å². The van der Waals surface area contributed by atoms with Crippen LogP contribution in [-0.4, -0.2) is 17.5 Å². The first kappa shape index (κ1) is 15.6. The second-order valence-corrected chi connectivity index (χ2v) is 6.85. The first-order chi connectivity index (χ1) is 11.0. The third kappa shape index (κ3) is 3.38. The molecule has 3 rings (SSSR count). The number of esters is 1. The summed E-state index contributed by atoms with van der Waals surface area (Å²) < 4.78 is 4.85. The highest BCUT2D eigenvalue weighted by Gasteiger charge is 2.36. The average Bonchev–Trinajstić information content (AvgIpc) is 3.15. The van der Waals surface area contributed by atoms with E-state index in [2.05, 4.69) is 0 Å². The highest BCUT2D eigenvalue weighted by Crippen LogP contribution is 2.29. The molecule has 1 unspecified atom stereocenters. The Bertz CT molecular complexity index is 825. The van der Waals surface area contributed by atoms with Crippen LogP contribution < -0.4 is 0 Å². The van der Waals surface area contributed by atoms with Gasteiger partial charge < -0.3 is 4.74 Å². The Hall–Kier alpha value is -2.31. The molecule has 0 saturated carbocycles. The molecule has 0 aromatic carbocycles. The number of hydrogen-bond acceptors (Lipinski definition) is 6. The molecule has 0 radical (unpaired) electrons. The Morgan fingerprint density at radius 1 is 1.30 bits per heavy atom. The maximum Gasteiger partial charge on any atom is 0.329 e. The topological polar surface area (TPSA) is 60.4 Å². The van der Waals surface area contributed by atoms with E-state index < -0.39 is 23.5 Å². The number of rotatable bonds is 4. The zero-order valence-electron chi connectivity index (χ0n) is 12.1. The fraction of sp³-hybridized carbons (Fsp3) is 0.118. The molecule has 116 valence electrons. The third-order valence-electron chi connectivity index (χ3n) is 3.25. The fourth-order valence-electron chi connectivity index (χ4n) is 2.18. The number of cyclic esters (lactones) is 1. The number of carbonyl (C=O) groups excluding carboxylic acids is 3. The minimum Gasteiger partial charge on any atom is -0.430 e. The van der Waals surface area contributed by atoms with Crippen LogP contribution in [0.2, 0.25) is 0 Å². The molecule has 1 aliphatic rings. The van der Waals surface area contributed by atoms with Gasteiger partial charge in [-0.15, -0.1) is 22.7 Å². The molecule has 1 aliphatic heterocycles. The van der Waals surface area contributed by atoms with Crippen molar-refractivity contribution in [2.24, 2.45) is 5.92 Å². The van der Waals surface area contributed by atoms with Crippen LogP contribution in [0.25, 0.3) is 16.5 Å². The molecular formula is C17H12O4S2. The Balaban J connectivity index is 1.74. The lowest BCUT2D eigenvalue weighted by Gasteiger charge is -2.15. The predicted octanol–water partition coefficient (Wildman–Crippen LogP) is 3.70. The Morgan fingerprint density at radius 3 is 2.83 bits per heavy atom. The fourth-order valence-corrected chi connectivity index (χ4v) is 3.77. The van der Waals surface area contributed by atoms with Crippen molar-refractivity contribution in [3.05, 3.63) is 51.7 Å². The molecule has 0 N–H and O–H groups in total. The standard InChI is InChI=1S/C17H12O4S2/c1-10-7-14(19)16(17(20)21-10)13(18)5-4-12-8-11(9-23-12)15-3-2-6-22-15/h2-9,16H,1H3/b5-4+. The van der Waals surface area contributed by atoms with Gasteiger partial charge in [-0.1, -0.05) is 6.07 Å². The largest absolute Gasteiger partial charge is 0.430 e. The van der Waals surface area contributed by atoms with Gasteiger partial charge in [-0.3, -0.25) is 14.4 Å². The molecule has 0 aliphatic carbocycles. The number of allylic oxidation sites excluding steroid dienone is 3. The molecule has 0 spiro atoms. The summed E-state index contributed by atoms with van der Waals surface area (Å²) in [5, 5.41) is 4.00. The van der Waals surface area contributed by atoms with Gasteiger partial charge in [0.05, 0.1) is 0 Å². The van der Waals surface area contributed by atoms with Gasteiger partial charge in [-0.25, -0.2) is 0 Å². The summed E-state index contributed by atoms with van der Waals surface area (Å²) in [5.41, 5.74) is 1.09. The average molecular weight is 344 g/mol. The monoisotopic (exact) mass is 344 g/mol. The van der Waals surface area contributed by atoms with Crippen LogP contribution in [0.15, 0.2) is 46.9 Å². The molecule has 23 heavy (non-hydrogen) atoms. The minimum absolute atomic E-state index is 0.215. The van der Waals surface area contributed by atoms with Crippen LogP contribution in [0.1, 0.15) is 11.8 Å². The van der Waals surface area contributed by atoms with Crippen molar-refractivity contribution in [1.82, 2.24) is 0 Å². The van der Waals surface area contributed by atoms with Crippen LogP contribution in [0, 0.1) is 5.92 Å². The molecule has 4 nitrogen and oxygen atoms in total. The normalized spacial score (nSPS) is 18.1. The molecule has 0 fully saturated rings. The highest BCUT2D eigenvalue weighted by molar-refractivity contribution is 7.15. The summed E-state index contributed by atoms with van der Waals surface area (Å²) in [7, 11) is 0. The summed E-state index contributed by atoms with van der Waals surface area (Å²) in [6.45, 7) is 1.50. The molecule has 0 bridgehead atoms. The van der Waals surface area contributed by atoms with Gasteiger partial charge in [0.25, 0.3) is 0 Å². The van der Waals surface area contributed by atoms with E-state index in [9.17, 15) is 14.4 Å². The first-order valence-electron chi connectivity index (χ1n) is 6.83. The number of hydrogen-bond donors (Lipinski definition) is 0. The van der Waals surface area contributed by atoms with Gasteiger partial charge in [0.15, 0.2) is 17.5 Å². The van der Waals surface area contributed by atoms with Crippen LogP contribution >= 0.6 is 22.7 Å². The third-order valence-corrected chi connectivity index (χ3v) is 5.07. The second kappa shape index (κ2) is 6.44. The van der Waals surface area contributed by atoms with E-state index in [1.54, 1.807) is 17.4 Å². The lowest BCUT2D eigenvalue weighted by atomic mass is 9.96. The Labute approximate surface area is 140 Å². The van der Waals surface area contributed by atoms with E-state index in [1.165, 1.54) is 30.4 Å². The van der Waals surface area contributed by atoms with Crippen molar-refractivity contribution in [3.63, 3.8) is 0 Å². The second-order valence-electron chi connectivity index (χ2n) is 4.96. The molecule has 6 heteroatoms. The summed E-state index contributed by atoms with van der Waals surface area (Å²) >= 11 is 3.13. The van der Waals surface area contributed by atoms with E-state index >= 15 is 0 Å². The van der Waals surface area contributed by atoms with Crippen LogP contribution in [0.3, 0.4) is 0 Å². The van der Waals surface area contributed by atoms with Gasteiger partial charge in [0, 0.05) is 21.4 Å². The smallest absolute Gasteiger partial charge is 0.329 e. The summed E-state index contributed by atoms with van der Waals surface area (Å²) in [4.78, 5) is 37.6. The van der Waals surface area contributed by atoms with E-state index in [0.717, 1.165) is 15.3 Å². The zero-order valence-corrected chi connectivity index (χ0v) is 13.8. The molecule has 0 saturated heterocycles. The summed E-state index contributed by atoms with van der Waals surface area (Å²) in [6.07, 6.45) is 4.07. The lowest BCUT2D eigenvalue weighted by Crippen LogP contribution is -2.34. The van der Waals surface area contributed by atoms with Crippen LogP contribution in [0.4, 0.5) is 0 Å². The summed E-state index contributed by atoms with van der Waals surface area (Å²) in [5.74, 6) is -3.07. The maximum absolute atomic E-state index is 12.1. The first-order valence-corrected chi connectivity index (χ1v) is 8.59. The molecule has 2 aromatic heterocycles. The van der Waals surface area contributed by atoms with E-state index in [-0.39, 0.29) is 5.76 Å². The lowest BCUT2D eigenvalue weighted by molar-refractivity contribution is -0.151. The molecular weight excluding hydrogens is 332 g/mol. The molecule has 0 amide bonds. The van der Waals surface area contributed by atoms with E-state index in [0.29, 0.717) is 0 Å².